The van der Waals surface area contributed by atoms with E-state index in [9.17, 15) is 22.8 Å². The first-order valence-electron chi connectivity index (χ1n) is 9.48. The highest BCUT2D eigenvalue weighted by Gasteiger charge is 2.30. The lowest BCUT2D eigenvalue weighted by molar-refractivity contribution is -0.137. The first-order valence-corrected chi connectivity index (χ1v) is 10.5. The minimum absolute atomic E-state index is 0.107. The van der Waals surface area contributed by atoms with Gasteiger partial charge in [-0.3, -0.25) is 9.59 Å². The van der Waals surface area contributed by atoms with Crippen molar-refractivity contribution in [2.45, 2.75) is 24.3 Å². The number of nitrogens with zero attached hydrogens (tertiary/aromatic N) is 3. The SMILES string of the molecule is CC(NC(=O)c1cccc(NC(=O)CSc2nncn2C)c1)c1cccc(C(F)(F)F)c1. The summed E-state index contributed by atoms with van der Waals surface area (Å²) in [5.74, 6) is -0.650. The summed E-state index contributed by atoms with van der Waals surface area (Å²) < 4.78 is 40.5. The second-order valence-electron chi connectivity index (χ2n) is 6.96. The number of carbonyl (C=O) groups excluding carboxylic acids is 2. The molecule has 11 heteroatoms. The lowest BCUT2D eigenvalue weighted by Gasteiger charge is -2.16. The second-order valence-corrected chi connectivity index (χ2v) is 7.90. The molecule has 1 aromatic heterocycles. The maximum atomic E-state index is 12.9. The zero-order valence-electron chi connectivity index (χ0n) is 17.2. The van der Waals surface area contributed by atoms with Crippen molar-refractivity contribution in [3.63, 3.8) is 0 Å². The van der Waals surface area contributed by atoms with E-state index in [0.29, 0.717) is 16.4 Å². The molecule has 168 valence electrons. The summed E-state index contributed by atoms with van der Waals surface area (Å²) in [6.45, 7) is 1.60. The summed E-state index contributed by atoms with van der Waals surface area (Å²) in [7, 11) is 1.77. The molecule has 0 saturated heterocycles. The van der Waals surface area contributed by atoms with Gasteiger partial charge in [-0.15, -0.1) is 10.2 Å². The highest BCUT2D eigenvalue weighted by Crippen LogP contribution is 2.30. The van der Waals surface area contributed by atoms with Crippen LogP contribution in [0.1, 0.15) is 34.5 Å². The first-order chi connectivity index (χ1) is 15.1. The van der Waals surface area contributed by atoms with Crippen LogP contribution in [0.5, 0.6) is 0 Å². The molecule has 32 heavy (non-hydrogen) atoms. The van der Waals surface area contributed by atoms with Gasteiger partial charge in [0.2, 0.25) is 5.91 Å². The van der Waals surface area contributed by atoms with Crippen molar-refractivity contribution in [2.24, 2.45) is 7.05 Å². The van der Waals surface area contributed by atoms with E-state index in [-0.39, 0.29) is 17.2 Å². The number of thioether (sulfide) groups is 1. The molecule has 0 aliphatic carbocycles. The Kier molecular flexibility index (Phi) is 7.18. The van der Waals surface area contributed by atoms with E-state index in [1.54, 1.807) is 36.7 Å². The average molecular weight is 463 g/mol. The van der Waals surface area contributed by atoms with Gasteiger partial charge < -0.3 is 15.2 Å². The van der Waals surface area contributed by atoms with Crippen LogP contribution in [0.3, 0.4) is 0 Å². The van der Waals surface area contributed by atoms with Crippen molar-refractivity contribution in [1.82, 2.24) is 20.1 Å². The molecule has 0 fully saturated rings. The Morgan fingerprint density at radius 3 is 2.59 bits per heavy atom. The van der Waals surface area contributed by atoms with Gasteiger partial charge in [0.1, 0.15) is 6.33 Å². The number of hydrogen-bond donors (Lipinski definition) is 2. The summed E-state index contributed by atoms with van der Waals surface area (Å²) in [5.41, 5.74) is 0.244. The van der Waals surface area contributed by atoms with Gasteiger partial charge in [0.05, 0.1) is 17.4 Å². The topological polar surface area (TPSA) is 88.9 Å². The standard InChI is InChI=1S/C21H20F3N5O2S/c1-13(14-5-3-7-16(9-14)21(22,23)24)26-19(31)15-6-4-8-17(10-15)27-18(30)11-32-20-28-25-12-29(20)2/h3-10,12-13H,11H2,1-2H3,(H,26,31)(H,27,30). The lowest BCUT2D eigenvalue weighted by Crippen LogP contribution is -2.27. The van der Waals surface area contributed by atoms with Gasteiger partial charge in [0.15, 0.2) is 5.16 Å². The molecule has 3 rings (SSSR count). The van der Waals surface area contributed by atoms with Crippen LogP contribution in [0.4, 0.5) is 18.9 Å². The van der Waals surface area contributed by atoms with Crippen LogP contribution in [-0.4, -0.2) is 32.3 Å². The predicted octanol–water partition coefficient (Wildman–Crippen LogP) is 4.06. The van der Waals surface area contributed by atoms with Crippen molar-refractivity contribution in [3.8, 4) is 0 Å². The zero-order chi connectivity index (χ0) is 23.3. The number of anilines is 1. The highest BCUT2D eigenvalue weighted by molar-refractivity contribution is 7.99. The van der Waals surface area contributed by atoms with Gasteiger partial charge in [-0.1, -0.05) is 30.0 Å². The van der Waals surface area contributed by atoms with E-state index >= 15 is 0 Å². The van der Waals surface area contributed by atoms with Crippen molar-refractivity contribution >= 4 is 29.3 Å². The predicted molar refractivity (Wildman–Crippen MR) is 114 cm³/mol. The zero-order valence-corrected chi connectivity index (χ0v) is 18.0. The van der Waals surface area contributed by atoms with Gasteiger partial charge in [-0.2, -0.15) is 13.2 Å². The molecule has 1 heterocycles. The third-order valence-corrected chi connectivity index (χ3v) is 5.51. The number of amides is 2. The van der Waals surface area contributed by atoms with Crippen LogP contribution in [0, 0.1) is 0 Å². The molecule has 3 aromatic rings. The summed E-state index contributed by atoms with van der Waals surface area (Å²) in [6.07, 6.45) is -2.93. The molecule has 7 nitrogen and oxygen atoms in total. The number of rotatable bonds is 7. The molecular weight excluding hydrogens is 443 g/mol. The molecule has 0 saturated carbocycles. The number of benzene rings is 2. The number of aromatic nitrogens is 3. The monoisotopic (exact) mass is 463 g/mol. The van der Waals surface area contributed by atoms with Crippen molar-refractivity contribution < 1.29 is 22.8 Å². The largest absolute Gasteiger partial charge is 0.416 e. The second kappa shape index (κ2) is 9.86. The van der Waals surface area contributed by atoms with Crippen molar-refractivity contribution in [2.75, 3.05) is 11.1 Å². The molecule has 0 aliphatic heterocycles. The quantitative estimate of drug-likeness (QED) is 0.516. The maximum Gasteiger partial charge on any atom is 0.416 e. The Hall–Kier alpha value is -3.34. The number of nitrogens with one attached hydrogen (secondary N) is 2. The van der Waals surface area contributed by atoms with Crippen LogP contribution in [-0.2, 0) is 18.0 Å². The Balaban J connectivity index is 1.61. The summed E-state index contributed by atoms with van der Waals surface area (Å²) in [5, 5.41) is 13.6. The third kappa shape index (κ3) is 6.10. The van der Waals surface area contributed by atoms with Crippen LogP contribution >= 0.6 is 11.8 Å². The van der Waals surface area contributed by atoms with E-state index in [4.69, 9.17) is 0 Å². The molecule has 0 radical (unpaired) electrons. The smallest absolute Gasteiger partial charge is 0.346 e. The molecule has 0 bridgehead atoms. The van der Waals surface area contributed by atoms with Gasteiger partial charge in [0.25, 0.3) is 5.91 Å². The molecule has 0 aliphatic rings. The third-order valence-electron chi connectivity index (χ3n) is 4.47. The molecular formula is C21H20F3N5O2S. The molecule has 1 unspecified atom stereocenters. The van der Waals surface area contributed by atoms with Crippen molar-refractivity contribution in [3.05, 3.63) is 71.5 Å². The maximum absolute atomic E-state index is 12.9. The Bertz CT molecular complexity index is 1120. The number of alkyl halides is 3. The molecule has 2 amide bonds. The minimum Gasteiger partial charge on any atom is -0.346 e. The van der Waals surface area contributed by atoms with Gasteiger partial charge in [0, 0.05) is 18.3 Å². The fourth-order valence-electron chi connectivity index (χ4n) is 2.82. The van der Waals surface area contributed by atoms with Crippen LogP contribution < -0.4 is 10.6 Å². The molecule has 2 N–H and O–H groups in total. The molecule has 2 aromatic carbocycles. The minimum atomic E-state index is -4.46. The fourth-order valence-corrected chi connectivity index (χ4v) is 3.50. The van der Waals surface area contributed by atoms with Crippen LogP contribution in [0.15, 0.2) is 60.0 Å². The number of hydrogen-bond acceptors (Lipinski definition) is 5. The van der Waals surface area contributed by atoms with E-state index < -0.39 is 23.7 Å². The number of carbonyl (C=O) groups is 2. The lowest BCUT2D eigenvalue weighted by atomic mass is 10.0. The van der Waals surface area contributed by atoms with Crippen LogP contribution in [0.2, 0.25) is 0 Å². The average Bonchev–Trinajstić information content (AvgIpc) is 3.16. The summed E-state index contributed by atoms with van der Waals surface area (Å²) >= 11 is 1.22. The first kappa shape index (κ1) is 23.3. The molecule has 1 atom stereocenters. The van der Waals surface area contributed by atoms with E-state index in [2.05, 4.69) is 20.8 Å². The van der Waals surface area contributed by atoms with E-state index in [1.807, 2.05) is 0 Å². The van der Waals surface area contributed by atoms with Crippen molar-refractivity contribution in [1.29, 1.82) is 0 Å². The summed E-state index contributed by atoms with van der Waals surface area (Å²) in [4.78, 5) is 24.8. The van der Waals surface area contributed by atoms with E-state index in [1.165, 1.54) is 36.3 Å². The number of halogens is 3. The normalized spacial score (nSPS) is 12.3. The van der Waals surface area contributed by atoms with E-state index in [0.717, 1.165) is 12.1 Å². The Morgan fingerprint density at radius 1 is 1.16 bits per heavy atom. The summed E-state index contributed by atoms with van der Waals surface area (Å²) in [6, 6.07) is 10.5. The Labute approximate surface area is 186 Å². The van der Waals surface area contributed by atoms with Gasteiger partial charge in [-0.25, -0.2) is 0 Å². The Morgan fingerprint density at radius 2 is 1.91 bits per heavy atom. The molecule has 0 spiro atoms. The van der Waals surface area contributed by atoms with Gasteiger partial charge in [-0.05, 0) is 42.8 Å². The van der Waals surface area contributed by atoms with Gasteiger partial charge >= 0.3 is 6.18 Å². The number of aryl methyl sites for hydroxylation is 1. The fraction of sp³-hybridized carbons (Fsp3) is 0.238. The van der Waals surface area contributed by atoms with Crippen LogP contribution in [0.25, 0.3) is 0 Å². The highest BCUT2D eigenvalue weighted by atomic mass is 32.2.